The van der Waals surface area contributed by atoms with Gasteiger partial charge in [0.05, 0.1) is 29.5 Å². The molecule has 0 atom stereocenters. The highest BCUT2D eigenvalue weighted by Gasteiger charge is 2.25. The third-order valence-corrected chi connectivity index (χ3v) is 3.42. The van der Waals surface area contributed by atoms with Crippen molar-refractivity contribution >= 4 is 11.3 Å². The van der Waals surface area contributed by atoms with E-state index in [4.69, 9.17) is 0 Å². The number of hydrogen-bond donors (Lipinski definition) is 3. The highest BCUT2D eigenvalue weighted by Crippen LogP contribution is 2.12. The third kappa shape index (κ3) is 3.24. The monoisotopic (exact) mass is 230 g/mol. The van der Waals surface area contributed by atoms with E-state index in [2.05, 4.69) is 10.3 Å². The standard InChI is InChI=1S/C10H18N2O2S/c1-3-10(6-13,7-14)11-4-9-5-15-8(2)12-9/h5,11,13-14H,3-4,6-7H2,1-2H3. The molecule has 86 valence electrons. The minimum absolute atomic E-state index is 0.0663. The summed E-state index contributed by atoms with van der Waals surface area (Å²) in [7, 11) is 0. The maximum absolute atomic E-state index is 9.22. The zero-order chi connectivity index (χ0) is 11.3. The lowest BCUT2D eigenvalue weighted by atomic mass is 9.98. The van der Waals surface area contributed by atoms with Crippen LogP contribution in [-0.2, 0) is 6.54 Å². The van der Waals surface area contributed by atoms with Gasteiger partial charge in [-0.3, -0.25) is 0 Å². The molecule has 0 spiro atoms. The van der Waals surface area contributed by atoms with Crippen LogP contribution in [0, 0.1) is 6.92 Å². The van der Waals surface area contributed by atoms with E-state index in [1.54, 1.807) is 11.3 Å². The van der Waals surface area contributed by atoms with Gasteiger partial charge in [-0.05, 0) is 13.3 Å². The van der Waals surface area contributed by atoms with Crippen molar-refractivity contribution in [1.82, 2.24) is 10.3 Å². The lowest BCUT2D eigenvalue weighted by Crippen LogP contribution is -2.50. The Bertz CT molecular complexity index is 289. The number of aliphatic hydroxyl groups excluding tert-OH is 2. The fraction of sp³-hybridized carbons (Fsp3) is 0.700. The molecule has 15 heavy (non-hydrogen) atoms. The molecular formula is C10H18N2O2S. The highest BCUT2D eigenvalue weighted by molar-refractivity contribution is 7.09. The van der Waals surface area contributed by atoms with Gasteiger partial charge in [-0.2, -0.15) is 0 Å². The first-order chi connectivity index (χ1) is 7.15. The van der Waals surface area contributed by atoms with Crippen LogP contribution in [0.4, 0.5) is 0 Å². The number of aromatic nitrogens is 1. The molecule has 1 heterocycles. The maximum Gasteiger partial charge on any atom is 0.0897 e. The molecule has 1 aromatic heterocycles. The van der Waals surface area contributed by atoms with E-state index >= 15 is 0 Å². The molecule has 0 aliphatic carbocycles. The Morgan fingerprint density at radius 3 is 2.53 bits per heavy atom. The normalized spacial score (nSPS) is 12.0. The summed E-state index contributed by atoms with van der Waals surface area (Å²) < 4.78 is 0. The van der Waals surface area contributed by atoms with Crippen LogP contribution < -0.4 is 5.32 Å². The molecule has 0 saturated carbocycles. The lowest BCUT2D eigenvalue weighted by molar-refractivity contribution is 0.0861. The lowest BCUT2D eigenvalue weighted by Gasteiger charge is -2.29. The first-order valence-electron chi connectivity index (χ1n) is 5.03. The van der Waals surface area contributed by atoms with Gasteiger partial charge < -0.3 is 15.5 Å². The van der Waals surface area contributed by atoms with E-state index in [1.807, 2.05) is 19.2 Å². The van der Waals surface area contributed by atoms with Crippen LogP contribution in [0.15, 0.2) is 5.38 Å². The first kappa shape index (κ1) is 12.6. The minimum Gasteiger partial charge on any atom is -0.394 e. The molecule has 3 N–H and O–H groups in total. The molecule has 4 nitrogen and oxygen atoms in total. The Hall–Kier alpha value is -0.490. The van der Waals surface area contributed by atoms with E-state index in [0.29, 0.717) is 13.0 Å². The fourth-order valence-electron chi connectivity index (χ4n) is 1.28. The zero-order valence-corrected chi connectivity index (χ0v) is 9.97. The van der Waals surface area contributed by atoms with Gasteiger partial charge in [0.2, 0.25) is 0 Å². The van der Waals surface area contributed by atoms with Crippen LogP contribution in [0.2, 0.25) is 0 Å². The summed E-state index contributed by atoms with van der Waals surface area (Å²) in [5.74, 6) is 0. The smallest absolute Gasteiger partial charge is 0.0897 e. The van der Waals surface area contributed by atoms with Crippen LogP contribution in [0.1, 0.15) is 24.0 Å². The highest BCUT2D eigenvalue weighted by atomic mass is 32.1. The van der Waals surface area contributed by atoms with E-state index in [1.165, 1.54) is 0 Å². The van der Waals surface area contributed by atoms with Crippen LogP contribution in [-0.4, -0.2) is 33.9 Å². The molecule has 0 radical (unpaired) electrons. The summed E-state index contributed by atoms with van der Waals surface area (Å²) in [5.41, 5.74) is 0.370. The van der Waals surface area contributed by atoms with Crippen molar-refractivity contribution in [3.05, 3.63) is 16.1 Å². The van der Waals surface area contributed by atoms with Crippen LogP contribution in [0.3, 0.4) is 0 Å². The van der Waals surface area contributed by atoms with Gasteiger partial charge in [-0.15, -0.1) is 11.3 Å². The van der Waals surface area contributed by atoms with Crippen molar-refractivity contribution in [2.75, 3.05) is 13.2 Å². The molecule has 0 aliphatic heterocycles. The SMILES string of the molecule is CCC(CO)(CO)NCc1csc(C)n1. The van der Waals surface area contributed by atoms with Gasteiger partial charge >= 0.3 is 0 Å². The van der Waals surface area contributed by atoms with Gasteiger partial charge in [-0.25, -0.2) is 4.98 Å². The van der Waals surface area contributed by atoms with Crippen molar-refractivity contribution in [3.8, 4) is 0 Å². The molecule has 0 fully saturated rings. The summed E-state index contributed by atoms with van der Waals surface area (Å²) in [6.07, 6.45) is 0.684. The summed E-state index contributed by atoms with van der Waals surface area (Å²) in [6, 6.07) is 0. The molecule has 0 aliphatic rings. The second-order valence-electron chi connectivity index (χ2n) is 3.66. The summed E-state index contributed by atoms with van der Waals surface area (Å²) in [4.78, 5) is 4.31. The van der Waals surface area contributed by atoms with Crippen LogP contribution in [0.25, 0.3) is 0 Å². The van der Waals surface area contributed by atoms with E-state index in [0.717, 1.165) is 10.7 Å². The van der Waals surface area contributed by atoms with Gasteiger partial charge in [0.1, 0.15) is 0 Å². The molecule has 0 unspecified atom stereocenters. The van der Waals surface area contributed by atoms with Crippen molar-refractivity contribution in [2.45, 2.75) is 32.4 Å². The molecule has 1 rings (SSSR count). The molecule has 5 heteroatoms. The van der Waals surface area contributed by atoms with Crippen LogP contribution in [0.5, 0.6) is 0 Å². The number of thiazole rings is 1. The number of rotatable bonds is 6. The molecule has 0 bridgehead atoms. The average molecular weight is 230 g/mol. The van der Waals surface area contributed by atoms with Gasteiger partial charge in [-0.1, -0.05) is 6.92 Å². The second kappa shape index (κ2) is 5.55. The maximum atomic E-state index is 9.22. The molecule has 0 aromatic carbocycles. The molecular weight excluding hydrogens is 212 g/mol. The summed E-state index contributed by atoms with van der Waals surface area (Å²) in [5, 5.41) is 24.6. The predicted molar refractivity (Wildman–Crippen MR) is 60.9 cm³/mol. The predicted octanol–water partition coefficient (Wildman–Crippen LogP) is 0.675. The second-order valence-corrected chi connectivity index (χ2v) is 4.72. The zero-order valence-electron chi connectivity index (χ0n) is 9.16. The first-order valence-corrected chi connectivity index (χ1v) is 5.91. The largest absolute Gasteiger partial charge is 0.394 e. The number of hydrogen-bond acceptors (Lipinski definition) is 5. The topological polar surface area (TPSA) is 65.4 Å². The summed E-state index contributed by atoms with van der Waals surface area (Å²) >= 11 is 1.60. The average Bonchev–Trinajstić information content (AvgIpc) is 2.67. The molecule has 0 amide bonds. The van der Waals surface area contributed by atoms with E-state index < -0.39 is 5.54 Å². The van der Waals surface area contributed by atoms with Crippen molar-refractivity contribution in [1.29, 1.82) is 0 Å². The number of nitrogens with zero attached hydrogens (tertiary/aromatic N) is 1. The van der Waals surface area contributed by atoms with Crippen molar-refractivity contribution < 1.29 is 10.2 Å². The summed E-state index contributed by atoms with van der Waals surface area (Å²) in [6.45, 7) is 4.34. The Balaban J connectivity index is 2.54. The minimum atomic E-state index is -0.586. The number of aliphatic hydroxyl groups is 2. The number of nitrogens with one attached hydrogen (secondary N) is 1. The Labute approximate surface area is 94.0 Å². The van der Waals surface area contributed by atoms with Crippen molar-refractivity contribution in [2.24, 2.45) is 0 Å². The molecule has 1 aromatic rings. The third-order valence-electron chi connectivity index (χ3n) is 2.59. The van der Waals surface area contributed by atoms with Crippen LogP contribution >= 0.6 is 11.3 Å². The number of aryl methyl sites for hydroxylation is 1. The Morgan fingerprint density at radius 1 is 1.47 bits per heavy atom. The van der Waals surface area contributed by atoms with E-state index in [-0.39, 0.29) is 13.2 Å². The van der Waals surface area contributed by atoms with Gasteiger partial charge in [0.15, 0.2) is 0 Å². The molecule has 0 saturated heterocycles. The Morgan fingerprint density at radius 2 is 2.13 bits per heavy atom. The quantitative estimate of drug-likeness (QED) is 0.672. The van der Waals surface area contributed by atoms with Gasteiger partial charge in [0.25, 0.3) is 0 Å². The fourth-order valence-corrected chi connectivity index (χ4v) is 1.89. The van der Waals surface area contributed by atoms with Gasteiger partial charge in [0, 0.05) is 11.9 Å². The Kier molecular flexibility index (Phi) is 4.66. The van der Waals surface area contributed by atoms with Crippen molar-refractivity contribution in [3.63, 3.8) is 0 Å². The van der Waals surface area contributed by atoms with E-state index in [9.17, 15) is 10.2 Å².